The van der Waals surface area contributed by atoms with E-state index in [4.69, 9.17) is 9.47 Å². The number of ketones is 1. The van der Waals surface area contributed by atoms with Crippen molar-refractivity contribution in [2.45, 2.75) is 45.4 Å². The third kappa shape index (κ3) is 5.01. The van der Waals surface area contributed by atoms with Gasteiger partial charge in [-0.2, -0.15) is 0 Å². The highest BCUT2D eigenvalue weighted by atomic mass is 79.9. The quantitative estimate of drug-likeness (QED) is 0.456. The lowest BCUT2D eigenvalue weighted by Gasteiger charge is -2.37. The number of esters is 1. The minimum Gasteiger partial charge on any atom is -0.503 e. The highest BCUT2D eigenvalue weighted by Gasteiger charge is 2.42. The van der Waals surface area contributed by atoms with Gasteiger partial charge in [-0.1, -0.05) is 44.2 Å². The molecule has 1 aliphatic carbocycles. The fourth-order valence-electron chi connectivity index (χ4n) is 4.84. The number of phenols is 1. The Balaban J connectivity index is 1.83. The zero-order valence-corrected chi connectivity index (χ0v) is 21.9. The second-order valence-electron chi connectivity index (χ2n) is 9.47. The van der Waals surface area contributed by atoms with Crippen molar-refractivity contribution in [3.8, 4) is 11.5 Å². The maximum absolute atomic E-state index is 13.7. The van der Waals surface area contributed by atoms with Gasteiger partial charge in [-0.15, -0.1) is 0 Å². The Hall–Kier alpha value is -3.06. The van der Waals surface area contributed by atoms with Crippen LogP contribution in [0.5, 0.6) is 11.5 Å². The molecule has 0 aromatic heterocycles. The van der Waals surface area contributed by atoms with E-state index in [0.717, 1.165) is 11.3 Å². The Morgan fingerprint density at radius 3 is 2.54 bits per heavy atom. The molecule has 2 atom stereocenters. The molecule has 2 aliphatic rings. The van der Waals surface area contributed by atoms with Crippen molar-refractivity contribution in [3.63, 3.8) is 0 Å². The van der Waals surface area contributed by atoms with Crippen molar-refractivity contribution in [2.24, 2.45) is 5.92 Å². The van der Waals surface area contributed by atoms with E-state index < -0.39 is 11.9 Å². The summed E-state index contributed by atoms with van der Waals surface area (Å²) in [5.74, 6) is -0.657. The Kier molecular flexibility index (Phi) is 7.36. The average molecular weight is 540 g/mol. The van der Waals surface area contributed by atoms with Gasteiger partial charge in [0.25, 0.3) is 0 Å². The monoisotopic (exact) mass is 539 g/mol. The zero-order chi connectivity index (χ0) is 25.3. The van der Waals surface area contributed by atoms with E-state index in [-0.39, 0.29) is 35.7 Å². The number of carbonyl (C=O) groups excluding carboxylic acids is 2. The lowest BCUT2D eigenvalue weighted by molar-refractivity contribution is -0.140. The number of nitrogens with one attached hydrogen (secondary N) is 1. The molecule has 1 heterocycles. The van der Waals surface area contributed by atoms with Crippen molar-refractivity contribution < 1.29 is 24.2 Å². The van der Waals surface area contributed by atoms with Crippen LogP contribution in [0.4, 0.5) is 0 Å². The van der Waals surface area contributed by atoms with E-state index in [1.807, 2.05) is 51.1 Å². The Labute approximate surface area is 214 Å². The van der Waals surface area contributed by atoms with E-state index >= 15 is 0 Å². The number of hydrogen-bond donors (Lipinski definition) is 2. The van der Waals surface area contributed by atoms with Crippen LogP contribution in [0.15, 0.2) is 69.5 Å². The van der Waals surface area contributed by atoms with Crippen LogP contribution in [-0.2, 0) is 14.3 Å². The molecule has 184 valence electrons. The fraction of sp³-hybridized carbons (Fsp3) is 0.357. The minimum atomic E-state index is -0.638. The van der Waals surface area contributed by atoms with Crippen molar-refractivity contribution in [1.82, 2.24) is 5.32 Å². The summed E-state index contributed by atoms with van der Waals surface area (Å²) in [4.78, 5) is 27.0. The zero-order valence-electron chi connectivity index (χ0n) is 20.4. The van der Waals surface area contributed by atoms with Crippen LogP contribution in [0, 0.1) is 5.92 Å². The number of benzene rings is 2. The molecule has 4 rings (SSSR count). The first kappa shape index (κ1) is 25.0. The van der Waals surface area contributed by atoms with Crippen LogP contribution in [0.3, 0.4) is 0 Å². The molecule has 0 fully saturated rings. The topological polar surface area (TPSA) is 84.9 Å². The van der Waals surface area contributed by atoms with Gasteiger partial charge in [-0.05, 0) is 64.4 Å². The van der Waals surface area contributed by atoms with Crippen LogP contribution in [0.1, 0.15) is 56.6 Å². The molecule has 1 aliphatic heterocycles. The summed E-state index contributed by atoms with van der Waals surface area (Å²) in [6, 6.07) is 13.4. The number of aromatic hydroxyl groups is 1. The Morgan fingerprint density at radius 1 is 1.17 bits per heavy atom. The molecule has 2 N–H and O–H groups in total. The lowest BCUT2D eigenvalue weighted by atomic mass is 9.71. The summed E-state index contributed by atoms with van der Waals surface area (Å²) in [5, 5.41) is 13.7. The van der Waals surface area contributed by atoms with Crippen molar-refractivity contribution >= 4 is 27.7 Å². The number of rotatable bonds is 6. The fourth-order valence-corrected chi connectivity index (χ4v) is 5.30. The molecule has 7 heteroatoms. The summed E-state index contributed by atoms with van der Waals surface area (Å²) in [7, 11) is 1.47. The number of Topliss-reactive ketones (excluding diaryl/α,β-unsaturated/α-hetero) is 1. The van der Waals surface area contributed by atoms with E-state index in [0.29, 0.717) is 39.7 Å². The number of phenolic OH excluding ortho intramolecular Hbond substituents is 1. The van der Waals surface area contributed by atoms with Crippen LogP contribution >= 0.6 is 15.9 Å². The van der Waals surface area contributed by atoms with Crippen LogP contribution in [0.2, 0.25) is 0 Å². The van der Waals surface area contributed by atoms with Crippen LogP contribution in [-0.4, -0.2) is 30.6 Å². The SMILES string of the molecule is COc1cc([C@@H]2C(C(=O)OCC(C)C)=C(C)NC3=C2C(=O)C[C@H](c2ccccc2)C3)cc(Br)c1O. The normalized spacial score (nSPS) is 20.0. The van der Waals surface area contributed by atoms with Gasteiger partial charge in [0.05, 0.1) is 23.8 Å². The lowest BCUT2D eigenvalue weighted by Crippen LogP contribution is -2.36. The maximum Gasteiger partial charge on any atom is 0.336 e. The maximum atomic E-state index is 13.7. The molecule has 0 radical (unpaired) electrons. The standard InChI is InChI=1S/C28H30BrNO5/c1-15(2)14-35-28(33)24-16(3)30-21-11-18(17-8-6-5-7-9-17)12-22(31)26(21)25(24)19-10-20(29)27(32)23(13-19)34-4/h5-10,13,15,18,25,30,32H,11-12,14H2,1-4H3/t18-,25-/m1/s1. The second kappa shape index (κ2) is 10.3. The van der Waals surface area contributed by atoms with Gasteiger partial charge in [0.15, 0.2) is 17.3 Å². The predicted octanol–water partition coefficient (Wildman–Crippen LogP) is 5.72. The highest BCUT2D eigenvalue weighted by Crippen LogP contribution is 2.48. The highest BCUT2D eigenvalue weighted by molar-refractivity contribution is 9.10. The van der Waals surface area contributed by atoms with Gasteiger partial charge in [0.2, 0.25) is 0 Å². The minimum absolute atomic E-state index is 0.0116. The van der Waals surface area contributed by atoms with E-state index in [1.165, 1.54) is 7.11 Å². The van der Waals surface area contributed by atoms with E-state index in [2.05, 4.69) is 21.2 Å². The number of allylic oxidation sites excluding steroid dienone is 3. The first-order chi connectivity index (χ1) is 16.7. The van der Waals surface area contributed by atoms with E-state index in [1.54, 1.807) is 12.1 Å². The molecule has 6 nitrogen and oxygen atoms in total. The summed E-state index contributed by atoms with van der Waals surface area (Å²) < 4.78 is 11.4. The molecule has 35 heavy (non-hydrogen) atoms. The number of dihydropyridines is 1. The van der Waals surface area contributed by atoms with Crippen LogP contribution < -0.4 is 10.1 Å². The number of ether oxygens (including phenoxy) is 2. The van der Waals surface area contributed by atoms with Crippen LogP contribution in [0.25, 0.3) is 0 Å². The molecule has 0 spiro atoms. The number of halogens is 1. The third-order valence-corrected chi connectivity index (χ3v) is 7.07. The van der Waals surface area contributed by atoms with Gasteiger partial charge in [0.1, 0.15) is 0 Å². The molecule has 0 amide bonds. The Bertz CT molecular complexity index is 1220. The molecule has 0 saturated heterocycles. The molecule has 0 saturated carbocycles. The van der Waals surface area contributed by atoms with Gasteiger partial charge in [0, 0.05) is 29.3 Å². The molecule has 2 aromatic rings. The van der Waals surface area contributed by atoms with Gasteiger partial charge in [-0.3, -0.25) is 4.79 Å². The number of carbonyl (C=O) groups is 2. The van der Waals surface area contributed by atoms with Crippen molar-refractivity contribution in [1.29, 1.82) is 0 Å². The molecular weight excluding hydrogens is 510 g/mol. The number of methoxy groups -OCH3 is 1. The van der Waals surface area contributed by atoms with Gasteiger partial charge >= 0.3 is 5.97 Å². The average Bonchev–Trinajstić information content (AvgIpc) is 2.83. The second-order valence-corrected chi connectivity index (χ2v) is 10.3. The summed E-state index contributed by atoms with van der Waals surface area (Å²) in [5.41, 5.74) is 4.23. The first-order valence-electron chi connectivity index (χ1n) is 11.7. The summed E-state index contributed by atoms with van der Waals surface area (Å²) >= 11 is 3.39. The molecule has 0 unspecified atom stereocenters. The van der Waals surface area contributed by atoms with Gasteiger partial charge in [-0.25, -0.2) is 4.79 Å². The van der Waals surface area contributed by atoms with Crippen molar-refractivity contribution in [2.75, 3.05) is 13.7 Å². The van der Waals surface area contributed by atoms with Crippen molar-refractivity contribution in [3.05, 3.63) is 80.6 Å². The summed E-state index contributed by atoms with van der Waals surface area (Å²) in [6.45, 7) is 6.07. The third-order valence-electron chi connectivity index (χ3n) is 6.47. The van der Waals surface area contributed by atoms with Gasteiger partial charge < -0.3 is 19.9 Å². The largest absolute Gasteiger partial charge is 0.503 e. The smallest absolute Gasteiger partial charge is 0.336 e. The number of hydrogen-bond acceptors (Lipinski definition) is 6. The summed E-state index contributed by atoms with van der Waals surface area (Å²) in [6.07, 6.45) is 1.01. The molecular formula is C28H30BrNO5. The Morgan fingerprint density at radius 2 is 1.89 bits per heavy atom. The first-order valence-corrected chi connectivity index (χ1v) is 12.5. The molecule has 2 aromatic carbocycles. The predicted molar refractivity (Wildman–Crippen MR) is 137 cm³/mol. The molecule has 0 bridgehead atoms. The van der Waals surface area contributed by atoms with E-state index in [9.17, 15) is 14.7 Å².